The van der Waals surface area contributed by atoms with Crippen LogP contribution >= 0.6 is 0 Å². The number of aliphatic hydroxyl groups excluding tert-OH is 2. The van der Waals surface area contributed by atoms with Crippen molar-refractivity contribution in [1.82, 2.24) is 5.32 Å². The minimum absolute atomic E-state index is 0.0249. The fourth-order valence-electron chi connectivity index (χ4n) is 9.28. The Morgan fingerprint density at radius 1 is 0.381 bits per heavy atom. The first kappa shape index (κ1) is 61.9. The molecular formula is C59H115NO3. The van der Waals surface area contributed by atoms with Crippen LogP contribution in [0.1, 0.15) is 328 Å². The molecule has 0 aliphatic heterocycles. The second kappa shape index (κ2) is 55.2. The predicted molar refractivity (Wildman–Crippen MR) is 281 cm³/mol. The third kappa shape index (κ3) is 51.7. The zero-order valence-electron chi connectivity index (χ0n) is 43.1. The lowest BCUT2D eigenvalue weighted by Gasteiger charge is -2.22. The van der Waals surface area contributed by atoms with E-state index in [1.54, 1.807) is 0 Å². The van der Waals surface area contributed by atoms with Gasteiger partial charge < -0.3 is 15.5 Å². The fourth-order valence-corrected chi connectivity index (χ4v) is 9.28. The van der Waals surface area contributed by atoms with Gasteiger partial charge >= 0.3 is 0 Å². The zero-order chi connectivity index (χ0) is 45.6. The second-order valence-electron chi connectivity index (χ2n) is 20.1. The van der Waals surface area contributed by atoms with Crippen molar-refractivity contribution < 1.29 is 15.0 Å². The van der Waals surface area contributed by atoms with Gasteiger partial charge in [0.05, 0.1) is 18.8 Å². The van der Waals surface area contributed by atoms with Crippen molar-refractivity contribution in [3.8, 4) is 0 Å². The molecule has 2 unspecified atom stereocenters. The van der Waals surface area contributed by atoms with E-state index in [1.807, 2.05) is 0 Å². The molecule has 0 rings (SSSR count). The molecule has 0 heterocycles. The summed E-state index contributed by atoms with van der Waals surface area (Å²) < 4.78 is 0. The van der Waals surface area contributed by atoms with Crippen LogP contribution in [0.4, 0.5) is 0 Å². The van der Waals surface area contributed by atoms with Crippen molar-refractivity contribution in [3.05, 3.63) is 24.3 Å². The number of allylic oxidation sites excluding steroid dienone is 4. The van der Waals surface area contributed by atoms with Crippen molar-refractivity contribution in [2.45, 2.75) is 341 Å². The molecule has 4 heteroatoms. The van der Waals surface area contributed by atoms with Gasteiger partial charge in [-0.3, -0.25) is 4.79 Å². The number of hydrogen-bond donors (Lipinski definition) is 3. The van der Waals surface area contributed by atoms with E-state index in [9.17, 15) is 15.0 Å². The molecule has 0 radical (unpaired) electrons. The second-order valence-corrected chi connectivity index (χ2v) is 20.1. The van der Waals surface area contributed by atoms with Gasteiger partial charge in [-0.2, -0.15) is 0 Å². The Bertz CT molecular complexity index is 916. The predicted octanol–water partition coefficient (Wildman–Crippen LogP) is 19.1. The molecule has 1 amide bonds. The Morgan fingerprint density at radius 2 is 0.651 bits per heavy atom. The molecule has 0 fully saturated rings. The van der Waals surface area contributed by atoms with Gasteiger partial charge in [0.25, 0.3) is 0 Å². The van der Waals surface area contributed by atoms with Crippen molar-refractivity contribution in [2.24, 2.45) is 0 Å². The highest BCUT2D eigenvalue weighted by Gasteiger charge is 2.20. The highest BCUT2D eigenvalue weighted by Crippen LogP contribution is 2.18. The lowest BCUT2D eigenvalue weighted by molar-refractivity contribution is -0.123. The summed E-state index contributed by atoms with van der Waals surface area (Å²) in [5.41, 5.74) is 0. The van der Waals surface area contributed by atoms with Crippen LogP contribution in [0.15, 0.2) is 24.3 Å². The molecule has 0 aliphatic rings. The van der Waals surface area contributed by atoms with Gasteiger partial charge in [0.2, 0.25) is 5.91 Å². The summed E-state index contributed by atoms with van der Waals surface area (Å²) in [7, 11) is 0. The largest absolute Gasteiger partial charge is 0.394 e. The maximum atomic E-state index is 12.5. The van der Waals surface area contributed by atoms with Crippen LogP contribution in [0.3, 0.4) is 0 Å². The number of amides is 1. The van der Waals surface area contributed by atoms with E-state index in [-0.39, 0.29) is 12.5 Å². The van der Waals surface area contributed by atoms with Crippen LogP contribution in [0, 0.1) is 0 Å². The topological polar surface area (TPSA) is 69.6 Å². The number of unbranched alkanes of at least 4 members (excludes halogenated alkanes) is 43. The summed E-state index contributed by atoms with van der Waals surface area (Å²) in [5.74, 6) is -0.0249. The normalized spacial score (nSPS) is 12.9. The molecule has 4 nitrogen and oxygen atoms in total. The summed E-state index contributed by atoms with van der Waals surface area (Å²) in [6.45, 7) is 4.37. The quantitative estimate of drug-likeness (QED) is 0.0421. The smallest absolute Gasteiger partial charge is 0.220 e. The highest BCUT2D eigenvalue weighted by molar-refractivity contribution is 5.76. The molecule has 2 atom stereocenters. The minimum Gasteiger partial charge on any atom is -0.394 e. The lowest BCUT2D eigenvalue weighted by Crippen LogP contribution is -2.45. The summed E-state index contributed by atoms with van der Waals surface area (Å²) in [4.78, 5) is 12.5. The van der Waals surface area contributed by atoms with E-state index in [2.05, 4.69) is 43.5 Å². The Morgan fingerprint density at radius 3 is 0.952 bits per heavy atom. The Balaban J connectivity index is 3.36. The standard InChI is InChI=1S/C59H115NO3/c1-3-5-7-9-11-13-15-17-19-20-21-22-23-24-25-26-27-28-29-30-31-32-33-34-35-36-37-38-39-40-41-43-45-47-49-51-53-55-59(63)60-57(56-61)58(62)54-52-50-48-46-44-42-18-16-14-12-10-8-6-4-2/h15,17,20-21,57-58,61-62H,3-14,16,18-19,22-56H2,1-2H3,(H,60,63)/b17-15-,21-20-. The minimum atomic E-state index is -0.655. The first-order valence-electron chi connectivity index (χ1n) is 29.0. The van der Waals surface area contributed by atoms with Crippen LogP contribution in [-0.2, 0) is 4.79 Å². The van der Waals surface area contributed by atoms with E-state index in [4.69, 9.17) is 0 Å². The molecule has 0 aromatic rings. The first-order chi connectivity index (χ1) is 31.2. The molecule has 0 aromatic carbocycles. The first-order valence-corrected chi connectivity index (χ1v) is 29.0. The van der Waals surface area contributed by atoms with Crippen molar-refractivity contribution in [1.29, 1.82) is 0 Å². The van der Waals surface area contributed by atoms with Gasteiger partial charge in [-0.1, -0.05) is 301 Å². The molecule has 374 valence electrons. The number of hydrogen-bond acceptors (Lipinski definition) is 3. The molecule has 3 N–H and O–H groups in total. The van der Waals surface area contributed by atoms with E-state index >= 15 is 0 Å². The van der Waals surface area contributed by atoms with Gasteiger partial charge in [-0.05, 0) is 44.9 Å². The third-order valence-corrected chi connectivity index (χ3v) is 13.7. The number of carbonyl (C=O) groups is 1. The van der Waals surface area contributed by atoms with Crippen LogP contribution in [-0.4, -0.2) is 34.9 Å². The SMILES string of the molecule is CCCCCCC/C=C\C/C=C\CCCCCCCCCCCCCCCCCCCCCCCCCCCC(=O)NC(CO)C(O)CCCCCCCCCCCCCCCC. The number of carbonyl (C=O) groups excluding carboxylic acids is 1. The average Bonchev–Trinajstić information content (AvgIpc) is 3.29. The van der Waals surface area contributed by atoms with E-state index in [0.717, 1.165) is 32.1 Å². The van der Waals surface area contributed by atoms with E-state index in [0.29, 0.717) is 12.8 Å². The number of aliphatic hydroxyl groups is 2. The number of nitrogens with one attached hydrogen (secondary N) is 1. The molecule has 63 heavy (non-hydrogen) atoms. The summed E-state index contributed by atoms with van der Waals surface area (Å²) in [6.07, 6.45) is 73.3. The Hall–Kier alpha value is -1.13. The molecular weight excluding hydrogens is 771 g/mol. The molecule has 0 saturated carbocycles. The fraction of sp³-hybridized carbons (Fsp3) is 0.915. The molecule has 0 aromatic heterocycles. The maximum absolute atomic E-state index is 12.5. The van der Waals surface area contributed by atoms with Gasteiger partial charge in [0, 0.05) is 6.42 Å². The van der Waals surface area contributed by atoms with Crippen LogP contribution < -0.4 is 5.32 Å². The van der Waals surface area contributed by atoms with Crippen molar-refractivity contribution in [3.63, 3.8) is 0 Å². The van der Waals surface area contributed by atoms with Gasteiger partial charge in [0.15, 0.2) is 0 Å². The molecule has 0 aliphatic carbocycles. The van der Waals surface area contributed by atoms with Gasteiger partial charge in [-0.15, -0.1) is 0 Å². The summed E-state index contributed by atoms with van der Waals surface area (Å²) >= 11 is 0. The van der Waals surface area contributed by atoms with Crippen LogP contribution in [0.5, 0.6) is 0 Å². The molecule has 0 spiro atoms. The van der Waals surface area contributed by atoms with Crippen LogP contribution in [0.2, 0.25) is 0 Å². The van der Waals surface area contributed by atoms with Gasteiger partial charge in [0.1, 0.15) is 0 Å². The zero-order valence-corrected chi connectivity index (χ0v) is 43.1. The van der Waals surface area contributed by atoms with Crippen molar-refractivity contribution in [2.75, 3.05) is 6.61 Å². The van der Waals surface area contributed by atoms with E-state index < -0.39 is 12.1 Å². The Labute approximate surface area is 396 Å². The highest BCUT2D eigenvalue weighted by atomic mass is 16.3. The summed E-state index contributed by atoms with van der Waals surface area (Å²) in [6, 6.07) is -0.532. The van der Waals surface area contributed by atoms with E-state index in [1.165, 1.54) is 270 Å². The number of rotatable bonds is 54. The Kier molecular flexibility index (Phi) is 54.2. The maximum Gasteiger partial charge on any atom is 0.220 e. The van der Waals surface area contributed by atoms with Crippen molar-refractivity contribution >= 4 is 5.91 Å². The van der Waals surface area contributed by atoms with Gasteiger partial charge in [-0.25, -0.2) is 0 Å². The average molecular weight is 887 g/mol. The monoisotopic (exact) mass is 886 g/mol. The van der Waals surface area contributed by atoms with Crippen LogP contribution in [0.25, 0.3) is 0 Å². The lowest BCUT2D eigenvalue weighted by atomic mass is 10.0. The third-order valence-electron chi connectivity index (χ3n) is 13.7. The molecule has 0 bridgehead atoms. The molecule has 0 saturated heterocycles. The summed E-state index contributed by atoms with van der Waals surface area (Å²) in [5, 5.41) is 23.3.